The molecule has 0 bridgehead atoms. The number of hydrogen-bond acceptors (Lipinski definition) is 1. The highest BCUT2D eigenvalue weighted by Crippen LogP contribution is 2.11. The van der Waals surface area contributed by atoms with E-state index in [1.165, 1.54) is 0 Å². The molecule has 0 fully saturated rings. The Hall–Kier alpha value is -0.540. The molecule has 0 spiro atoms. The zero-order chi connectivity index (χ0) is 12.1. The summed E-state index contributed by atoms with van der Waals surface area (Å²) in [6.07, 6.45) is 1.13. The van der Waals surface area contributed by atoms with Gasteiger partial charge < -0.3 is 22.2 Å². The van der Waals surface area contributed by atoms with Gasteiger partial charge in [-0.2, -0.15) is 0 Å². The third-order valence-corrected chi connectivity index (χ3v) is 3.27. The fourth-order valence-electron chi connectivity index (χ4n) is 1.64. The number of nitrogens with one attached hydrogen (secondary N) is 1. The number of quaternary nitrogens is 1. The highest BCUT2D eigenvalue weighted by molar-refractivity contribution is 5.92. The first-order chi connectivity index (χ1) is 6.91. The van der Waals surface area contributed by atoms with Gasteiger partial charge in [-0.15, -0.1) is 0 Å². The van der Waals surface area contributed by atoms with Crippen LogP contribution in [0.2, 0.25) is 0 Å². The van der Waals surface area contributed by atoms with E-state index in [0.717, 1.165) is 24.0 Å². The van der Waals surface area contributed by atoms with Crippen molar-refractivity contribution in [2.75, 3.05) is 20.1 Å². The molecule has 0 saturated heterocycles. The van der Waals surface area contributed by atoms with Crippen molar-refractivity contribution < 1.29 is 21.7 Å². The topological polar surface area (TPSA) is 29.1 Å². The van der Waals surface area contributed by atoms with Gasteiger partial charge in [-0.05, 0) is 20.8 Å². The number of amides is 1. The summed E-state index contributed by atoms with van der Waals surface area (Å²) in [5.41, 5.74) is 0.576. The Morgan fingerprint density at radius 1 is 1.31 bits per heavy atom. The summed E-state index contributed by atoms with van der Waals surface area (Å²) in [6, 6.07) is 0. The molecular formula is C12H25ClN2O. The minimum absolute atomic E-state index is 0. The average molecular weight is 249 g/mol. The van der Waals surface area contributed by atoms with Crippen LogP contribution >= 0.6 is 0 Å². The Labute approximate surface area is 106 Å². The summed E-state index contributed by atoms with van der Waals surface area (Å²) in [5, 5.41) is 3.04. The average Bonchev–Trinajstić information content (AvgIpc) is 2.24. The quantitative estimate of drug-likeness (QED) is 0.361. The van der Waals surface area contributed by atoms with Crippen molar-refractivity contribution in [3.05, 3.63) is 12.2 Å². The predicted octanol–water partition coefficient (Wildman–Crippen LogP) is -1.09. The van der Waals surface area contributed by atoms with E-state index in [4.69, 9.17) is 0 Å². The Morgan fingerprint density at radius 3 is 2.00 bits per heavy atom. The molecule has 0 aliphatic heterocycles. The van der Waals surface area contributed by atoms with Gasteiger partial charge in [-0.3, -0.25) is 4.79 Å². The summed E-state index contributed by atoms with van der Waals surface area (Å²) in [5.74, 6) is -0.0342. The van der Waals surface area contributed by atoms with Crippen LogP contribution in [-0.4, -0.2) is 36.7 Å². The van der Waals surface area contributed by atoms with E-state index in [-0.39, 0.29) is 24.5 Å². The number of halogens is 1. The van der Waals surface area contributed by atoms with E-state index >= 15 is 0 Å². The van der Waals surface area contributed by atoms with Crippen LogP contribution in [0, 0.1) is 0 Å². The predicted molar refractivity (Wildman–Crippen MR) is 64.3 cm³/mol. The summed E-state index contributed by atoms with van der Waals surface area (Å²) >= 11 is 0. The summed E-state index contributed by atoms with van der Waals surface area (Å²) < 4.78 is 0.871. The largest absolute Gasteiger partial charge is 1.00 e. The van der Waals surface area contributed by atoms with Crippen molar-refractivity contribution in [3.63, 3.8) is 0 Å². The Bertz CT molecular complexity index is 237. The van der Waals surface area contributed by atoms with Crippen molar-refractivity contribution in [2.24, 2.45) is 0 Å². The number of carbonyl (C=O) groups excluding carboxylic acids is 1. The maximum absolute atomic E-state index is 11.6. The van der Waals surface area contributed by atoms with Gasteiger partial charge in [0.15, 0.2) is 6.17 Å². The van der Waals surface area contributed by atoms with E-state index in [0.29, 0.717) is 5.57 Å². The summed E-state index contributed by atoms with van der Waals surface area (Å²) in [4.78, 5) is 11.6. The zero-order valence-electron chi connectivity index (χ0n) is 11.1. The molecule has 1 amide bonds. The molecular weight excluding hydrogens is 224 g/mol. The van der Waals surface area contributed by atoms with Crippen molar-refractivity contribution in [1.29, 1.82) is 0 Å². The fraction of sp³-hybridized carbons (Fsp3) is 0.750. The van der Waals surface area contributed by atoms with Crippen LogP contribution in [0.25, 0.3) is 0 Å². The molecule has 96 valence electrons. The maximum Gasteiger partial charge on any atom is 0.250 e. The Kier molecular flexibility index (Phi) is 8.57. The molecule has 4 heteroatoms. The van der Waals surface area contributed by atoms with Crippen molar-refractivity contribution in [3.8, 4) is 0 Å². The third kappa shape index (κ3) is 4.54. The van der Waals surface area contributed by atoms with E-state index in [9.17, 15) is 4.79 Å². The molecule has 1 atom stereocenters. The number of hydrogen-bond donors (Lipinski definition) is 1. The molecule has 0 aliphatic carbocycles. The minimum atomic E-state index is -0.0342. The van der Waals surface area contributed by atoms with Crippen LogP contribution in [0.15, 0.2) is 12.2 Å². The molecule has 16 heavy (non-hydrogen) atoms. The van der Waals surface area contributed by atoms with Gasteiger partial charge in [0.05, 0.1) is 20.1 Å². The van der Waals surface area contributed by atoms with Gasteiger partial charge in [0.25, 0.3) is 5.91 Å². The highest BCUT2D eigenvalue weighted by atomic mass is 35.5. The normalized spacial score (nSPS) is 12.6. The smallest absolute Gasteiger partial charge is 0.250 e. The number of carbonyl (C=O) groups is 1. The van der Waals surface area contributed by atoms with Gasteiger partial charge in [-0.25, -0.2) is 0 Å². The minimum Gasteiger partial charge on any atom is -1.00 e. The molecule has 0 radical (unpaired) electrons. The highest BCUT2D eigenvalue weighted by Gasteiger charge is 2.29. The van der Waals surface area contributed by atoms with Gasteiger partial charge in [0, 0.05) is 12.0 Å². The molecule has 0 saturated carbocycles. The standard InChI is InChI=1S/C12H24N2O.ClH/c1-7-11(13-12(15)10(4)5)14(6,8-2)9-3;/h11H,4,7-9H2,1-3,5-6H3;1H. The van der Waals surface area contributed by atoms with Gasteiger partial charge in [0.1, 0.15) is 0 Å². The molecule has 1 unspecified atom stereocenters. The van der Waals surface area contributed by atoms with Gasteiger partial charge in [-0.1, -0.05) is 13.5 Å². The van der Waals surface area contributed by atoms with E-state index in [1.807, 2.05) is 0 Å². The van der Waals surface area contributed by atoms with Crippen molar-refractivity contribution >= 4 is 5.91 Å². The first-order valence-corrected chi connectivity index (χ1v) is 5.71. The molecule has 0 aromatic heterocycles. The zero-order valence-corrected chi connectivity index (χ0v) is 11.9. The van der Waals surface area contributed by atoms with Crippen LogP contribution in [0.4, 0.5) is 0 Å². The van der Waals surface area contributed by atoms with E-state index < -0.39 is 0 Å². The lowest BCUT2D eigenvalue weighted by molar-refractivity contribution is -0.932. The van der Waals surface area contributed by atoms with Crippen molar-refractivity contribution in [1.82, 2.24) is 5.32 Å². The first-order valence-electron chi connectivity index (χ1n) is 5.71. The number of nitrogens with zero attached hydrogens (tertiary/aromatic N) is 1. The summed E-state index contributed by atoms with van der Waals surface area (Å²) in [7, 11) is 2.17. The second kappa shape index (κ2) is 7.69. The fourth-order valence-corrected chi connectivity index (χ4v) is 1.64. The summed E-state index contributed by atoms with van der Waals surface area (Å²) in [6.45, 7) is 13.8. The molecule has 0 aliphatic rings. The Balaban J connectivity index is 0. The van der Waals surface area contributed by atoms with Crippen LogP contribution in [0.1, 0.15) is 34.1 Å². The van der Waals surface area contributed by atoms with Crippen LogP contribution in [0.5, 0.6) is 0 Å². The van der Waals surface area contributed by atoms with Crippen LogP contribution in [-0.2, 0) is 4.79 Å². The van der Waals surface area contributed by atoms with E-state index in [2.05, 4.69) is 39.7 Å². The van der Waals surface area contributed by atoms with Gasteiger partial charge >= 0.3 is 0 Å². The lowest BCUT2D eigenvalue weighted by Crippen LogP contribution is -3.00. The monoisotopic (exact) mass is 248 g/mol. The van der Waals surface area contributed by atoms with Gasteiger partial charge in [0.2, 0.25) is 0 Å². The van der Waals surface area contributed by atoms with Crippen molar-refractivity contribution in [2.45, 2.75) is 40.3 Å². The molecule has 0 aromatic carbocycles. The second-order valence-corrected chi connectivity index (χ2v) is 4.29. The van der Waals surface area contributed by atoms with Crippen LogP contribution in [0.3, 0.4) is 0 Å². The molecule has 0 aromatic rings. The van der Waals surface area contributed by atoms with Crippen LogP contribution < -0.4 is 17.7 Å². The maximum atomic E-state index is 11.6. The Morgan fingerprint density at radius 2 is 1.75 bits per heavy atom. The molecule has 1 N–H and O–H groups in total. The third-order valence-electron chi connectivity index (χ3n) is 3.27. The molecule has 0 rings (SSSR count). The SMILES string of the molecule is C=C(C)C(=O)NC(CC)[N+](C)(CC)CC.[Cl-]. The molecule has 3 nitrogen and oxygen atoms in total. The lowest BCUT2D eigenvalue weighted by atomic mass is 10.2. The first kappa shape index (κ1) is 17.8. The molecule has 0 heterocycles. The lowest BCUT2D eigenvalue weighted by Gasteiger charge is -2.39. The number of rotatable bonds is 6. The van der Waals surface area contributed by atoms with E-state index in [1.54, 1.807) is 6.92 Å². The second-order valence-electron chi connectivity index (χ2n) is 4.29.